The van der Waals surface area contributed by atoms with E-state index < -0.39 is 36.8 Å². The summed E-state index contributed by atoms with van der Waals surface area (Å²) in [6.07, 6.45) is 3.49. The largest absolute Gasteiger partial charge is 0.507 e. The highest BCUT2D eigenvalue weighted by Crippen LogP contribution is 2.56. The third-order valence-corrected chi connectivity index (χ3v) is 5.76. The molecule has 11 nitrogen and oxygen atoms in total. The lowest BCUT2D eigenvalue weighted by atomic mass is 9.81. The molecule has 2 aliphatic rings. The van der Waals surface area contributed by atoms with E-state index in [1.54, 1.807) is 6.20 Å². The zero-order chi connectivity index (χ0) is 22.3. The number of amides is 1. The predicted molar refractivity (Wildman–Crippen MR) is 108 cm³/mol. The van der Waals surface area contributed by atoms with Crippen molar-refractivity contribution in [1.82, 2.24) is 14.9 Å². The Kier molecular flexibility index (Phi) is 5.61. The van der Waals surface area contributed by atoms with Crippen LogP contribution < -0.4 is 10.5 Å². The van der Waals surface area contributed by atoms with E-state index in [0.29, 0.717) is 24.1 Å². The molecular weight excluding hydrogens is 407 g/mol. The number of carboxylic acids is 1. The van der Waals surface area contributed by atoms with Crippen LogP contribution in [0.1, 0.15) is 34.0 Å². The molecule has 2 heterocycles. The molecule has 1 unspecified atom stereocenters. The number of ether oxygens (including phenoxy) is 1. The van der Waals surface area contributed by atoms with Crippen molar-refractivity contribution in [2.24, 2.45) is 5.73 Å². The Morgan fingerprint density at radius 2 is 2.10 bits per heavy atom. The highest BCUT2D eigenvalue weighted by Gasteiger charge is 2.48. The van der Waals surface area contributed by atoms with Gasteiger partial charge in [0.25, 0.3) is 0 Å². The van der Waals surface area contributed by atoms with Gasteiger partial charge in [0.05, 0.1) is 31.2 Å². The minimum absolute atomic E-state index is 0.00610. The maximum atomic E-state index is 12.4. The van der Waals surface area contributed by atoms with Crippen LogP contribution in [0.3, 0.4) is 0 Å². The lowest BCUT2D eigenvalue weighted by molar-refractivity contribution is -0.141. The summed E-state index contributed by atoms with van der Waals surface area (Å²) in [5, 5.41) is 38.6. The van der Waals surface area contributed by atoms with Gasteiger partial charge >= 0.3 is 13.1 Å². The van der Waals surface area contributed by atoms with E-state index in [0.717, 1.165) is 0 Å². The van der Waals surface area contributed by atoms with Crippen molar-refractivity contribution in [3.8, 4) is 11.5 Å². The fraction of sp³-hybridized carbons (Fsp3) is 0.421. The number of imidazole rings is 1. The normalized spacial score (nSPS) is 21.3. The van der Waals surface area contributed by atoms with E-state index in [1.165, 1.54) is 23.4 Å². The molecule has 1 aromatic carbocycles. The van der Waals surface area contributed by atoms with Crippen LogP contribution in [0, 0.1) is 0 Å². The fourth-order valence-corrected chi connectivity index (χ4v) is 3.92. The van der Waals surface area contributed by atoms with Crippen LogP contribution in [-0.4, -0.2) is 79.4 Å². The van der Waals surface area contributed by atoms with E-state index >= 15 is 0 Å². The number of carbonyl (C=O) groups excluding carboxylic acids is 1. The monoisotopic (exact) mass is 430 g/mol. The van der Waals surface area contributed by atoms with Crippen molar-refractivity contribution in [1.29, 1.82) is 0 Å². The first kappa shape index (κ1) is 21.2. The Hall–Kier alpha value is -3.09. The third-order valence-electron chi connectivity index (χ3n) is 5.76. The number of carboxylic acid groups (broad SMARTS) is 1. The van der Waals surface area contributed by atoms with E-state index in [1.807, 2.05) is 0 Å². The molecule has 164 valence electrons. The number of hydrogen-bond donors (Lipinski definition) is 6. The number of aromatic nitrogens is 2. The molecule has 7 N–H and O–H groups in total. The summed E-state index contributed by atoms with van der Waals surface area (Å²) in [6.45, 7) is 0.492. The number of nitrogens with zero attached hydrogens (tertiary/aromatic N) is 2. The minimum atomic E-state index is -1.52. The molecule has 3 atom stereocenters. The van der Waals surface area contributed by atoms with Gasteiger partial charge in [-0.15, -0.1) is 0 Å². The lowest BCUT2D eigenvalue weighted by Crippen LogP contribution is -2.60. The molecule has 2 aromatic rings. The van der Waals surface area contributed by atoms with E-state index in [2.05, 4.69) is 9.97 Å². The van der Waals surface area contributed by atoms with Crippen LogP contribution in [0.2, 0.25) is 5.82 Å². The molecule has 1 saturated heterocycles. The molecule has 0 bridgehead atoms. The first-order valence-electron chi connectivity index (χ1n) is 9.90. The number of carbonyl (C=O) groups is 2. The predicted octanol–water partition coefficient (Wildman–Crippen LogP) is -0.697. The summed E-state index contributed by atoms with van der Waals surface area (Å²) in [6, 6.07) is 2.24. The Balaban J connectivity index is 1.38. The number of phenols is 1. The maximum absolute atomic E-state index is 12.4. The standard InChI is InChI=1S/C19H23BN4O7/c21-14(3-9-5-22-8-23-9)18(26)24-6-10(7-24)31-15-2-1-11(12-4-13(12)20(29)30)17(25)16(15)19(27)28/h1-2,5,8,10,12-14,25,29-30H,3-4,6-7,21H2,(H,22,23)(H,27,28)/t12?,13-,14-/m1/s1. The van der Waals surface area contributed by atoms with Crippen molar-refractivity contribution in [3.05, 3.63) is 41.5 Å². The van der Waals surface area contributed by atoms with Crippen LogP contribution in [0.15, 0.2) is 24.7 Å². The number of nitrogens with one attached hydrogen (secondary N) is 1. The Morgan fingerprint density at radius 1 is 1.35 bits per heavy atom. The molecule has 0 spiro atoms. The molecule has 12 heteroatoms. The molecule has 2 fully saturated rings. The van der Waals surface area contributed by atoms with Crippen molar-refractivity contribution in [3.63, 3.8) is 0 Å². The lowest BCUT2D eigenvalue weighted by Gasteiger charge is -2.40. The first-order valence-corrected chi connectivity index (χ1v) is 9.90. The number of aromatic carboxylic acids is 1. The highest BCUT2D eigenvalue weighted by molar-refractivity contribution is 6.44. The third kappa shape index (κ3) is 4.22. The Bertz CT molecular complexity index is 978. The number of nitrogens with two attached hydrogens (primary N) is 1. The number of H-pyrrole nitrogens is 1. The van der Waals surface area contributed by atoms with Crippen LogP contribution in [0.5, 0.6) is 11.5 Å². The quantitative estimate of drug-likeness (QED) is 0.295. The Morgan fingerprint density at radius 3 is 2.68 bits per heavy atom. The van der Waals surface area contributed by atoms with Crippen LogP contribution in [-0.2, 0) is 11.2 Å². The fourth-order valence-electron chi connectivity index (χ4n) is 3.92. The second kappa shape index (κ2) is 8.21. The number of benzene rings is 1. The van der Waals surface area contributed by atoms with Gasteiger partial charge in [-0.3, -0.25) is 4.79 Å². The number of likely N-dealkylation sites (tertiary alicyclic amines) is 1. The highest BCUT2D eigenvalue weighted by atomic mass is 16.5. The van der Waals surface area contributed by atoms with Crippen LogP contribution in [0.25, 0.3) is 0 Å². The van der Waals surface area contributed by atoms with Gasteiger partial charge in [0.1, 0.15) is 23.2 Å². The minimum Gasteiger partial charge on any atom is -0.507 e. The maximum Gasteiger partial charge on any atom is 0.455 e. The van der Waals surface area contributed by atoms with E-state index in [4.69, 9.17) is 10.5 Å². The number of aromatic hydroxyl groups is 1. The second-order valence-electron chi connectivity index (χ2n) is 7.96. The zero-order valence-electron chi connectivity index (χ0n) is 16.5. The molecule has 0 radical (unpaired) electrons. The van der Waals surface area contributed by atoms with Crippen molar-refractivity contribution in [2.45, 2.75) is 36.7 Å². The van der Waals surface area contributed by atoms with Gasteiger partial charge in [-0.1, -0.05) is 6.07 Å². The van der Waals surface area contributed by atoms with E-state index in [-0.39, 0.29) is 36.2 Å². The SMILES string of the molecule is N[C@H](Cc1c[nH]cn1)C(=O)N1CC(Oc2ccc(C3C[C@H]3B(O)O)c(O)c2C(=O)O)C1. The van der Waals surface area contributed by atoms with Gasteiger partial charge in [-0.2, -0.15) is 0 Å². The Labute approximate surface area is 177 Å². The molecule has 1 saturated carbocycles. The zero-order valence-corrected chi connectivity index (χ0v) is 16.5. The first-order chi connectivity index (χ1) is 14.8. The molecule has 1 aliphatic carbocycles. The number of rotatable bonds is 8. The number of aromatic amines is 1. The van der Waals surface area contributed by atoms with Crippen LogP contribution >= 0.6 is 0 Å². The topological polar surface area (TPSA) is 182 Å². The summed E-state index contributed by atoms with van der Waals surface area (Å²) in [5.41, 5.74) is 6.60. The van der Waals surface area contributed by atoms with Gasteiger partial charge in [0, 0.05) is 18.4 Å². The number of hydrogen-bond acceptors (Lipinski definition) is 8. The molecular formula is C19H23BN4O7. The van der Waals surface area contributed by atoms with Crippen LogP contribution in [0.4, 0.5) is 0 Å². The van der Waals surface area contributed by atoms with Gasteiger partial charge < -0.3 is 40.6 Å². The summed E-state index contributed by atoms with van der Waals surface area (Å²) in [4.78, 5) is 32.5. The molecule has 1 aromatic heterocycles. The van der Waals surface area contributed by atoms with Crippen molar-refractivity contribution in [2.75, 3.05) is 13.1 Å². The summed E-state index contributed by atoms with van der Waals surface area (Å²) in [5.74, 6) is -2.80. The molecule has 1 aliphatic heterocycles. The van der Waals surface area contributed by atoms with Crippen molar-refractivity contribution >= 4 is 19.0 Å². The summed E-state index contributed by atoms with van der Waals surface area (Å²) >= 11 is 0. The molecule has 1 amide bonds. The molecule has 31 heavy (non-hydrogen) atoms. The van der Waals surface area contributed by atoms with Gasteiger partial charge in [-0.25, -0.2) is 9.78 Å². The average Bonchev–Trinajstić information content (AvgIpc) is 3.32. The molecule has 4 rings (SSSR count). The van der Waals surface area contributed by atoms with E-state index in [9.17, 15) is 29.9 Å². The smallest absolute Gasteiger partial charge is 0.455 e. The van der Waals surface area contributed by atoms with Crippen molar-refractivity contribution < 1.29 is 34.6 Å². The van der Waals surface area contributed by atoms with Gasteiger partial charge in [-0.05, 0) is 24.0 Å². The van der Waals surface area contributed by atoms with Gasteiger partial charge in [0.2, 0.25) is 5.91 Å². The second-order valence-corrected chi connectivity index (χ2v) is 7.96. The summed E-state index contributed by atoms with van der Waals surface area (Å²) in [7, 11) is -1.52. The summed E-state index contributed by atoms with van der Waals surface area (Å²) < 4.78 is 5.73. The van der Waals surface area contributed by atoms with Gasteiger partial charge in [0.15, 0.2) is 0 Å². The average molecular weight is 430 g/mol.